The Morgan fingerprint density at radius 3 is 2.43 bits per heavy atom. The van der Waals surface area contributed by atoms with Crippen LogP contribution < -0.4 is 28.4 Å². The summed E-state index contributed by atoms with van der Waals surface area (Å²) in [4.78, 5) is 44.7. The number of hydrogen-bond acceptors (Lipinski definition) is 5. The normalized spacial score (nSPS) is 15.8. The Morgan fingerprint density at radius 2 is 1.87 bits per heavy atom. The van der Waals surface area contributed by atoms with Gasteiger partial charge in [-0.15, -0.1) is 0 Å². The number of piperidine rings is 1. The van der Waals surface area contributed by atoms with Crippen molar-refractivity contribution in [3.8, 4) is 0 Å². The van der Waals surface area contributed by atoms with E-state index in [1.807, 2.05) is 13.8 Å². The van der Waals surface area contributed by atoms with Gasteiger partial charge < -0.3 is 38.1 Å². The number of amides is 2. The van der Waals surface area contributed by atoms with E-state index in [-0.39, 0.29) is 41.7 Å². The first-order valence-electron chi connectivity index (χ1n) is 10.3. The number of carbonyl (C=O) groups is 3. The third kappa shape index (κ3) is 7.95. The average Bonchev–Trinajstić information content (AvgIpc) is 3.10. The summed E-state index contributed by atoms with van der Waals surface area (Å²) in [6.07, 6.45) is 3.50. The fraction of sp³-hybridized carbons (Fsp3) is 0.700. The van der Waals surface area contributed by atoms with Crippen molar-refractivity contribution in [2.24, 2.45) is 5.92 Å². The van der Waals surface area contributed by atoms with Gasteiger partial charge in [0.25, 0.3) is 11.8 Å². The summed E-state index contributed by atoms with van der Waals surface area (Å²) < 4.78 is 5.43. The largest absolute Gasteiger partial charge is 1.00 e. The van der Waals surface area contributed by atoms with Crippen molar-refractivity contribution in [3.63, 3.8) is 0 Å². The van der Waals surface area contributed by atoms with Crippen LogP contribution in [0.4, 0.5) is 0 Å². The van der Waals surface area contributed by atoms with Crippen LogP contribution in [-0.2, 0) is 9.53 Å². The van der Waals surface area contributed by atoms with Crippen molar-refractivity contribution >= 4 is 17.8 Å². The van der Waals surface area contributed by atoms with E-state index in [0.717, 1.165) is 25.9 Å². The number of aromatic amines is 1. The molecule has 170 valence electrons. The summed E-state index contributed by atoms with van der Waals surface area (Å²) in [6, 6.07) is -0.731. The van der Waals surface area contributed by atoms with Crippen molar-refractivity contribution in [2.45, 2.75) is 71.6 Å². The van der Waals surface area contributed by atoms with Gasteiger partial charge in [0.2, 0.25) is 0 Å². The molecule has 1 saturated heterocycles. The summed E-state index contributed by atoms with van der Waals surface area (Å²) in [5.41, 5.74) is -0.585. The van der Waals surface area contributed by atoms with E-state index in [1.54, 1.807) is 20.8 Å². The molecule has 2 rings (SSSR count). The number of esters is 1. The van der Waals surface area contributed by atoms with Gasteiger partial charge in [-0.05, 0) is 33.1 Å². The van der Waals surface area contributed by atoms with Crippen LogP contribution in [0.25, 0.3) is 0 Å². The quantitative estimate of drug-likeness (QED) is 0.342. The van der Waals surface area contributed by atoms with Gasteiger partial charge >= 0.3 is 5.97 Å². The fourth-order valence-corrected chi connectivity index (χ4v) is 3.25. The lowest BCUT2D eigenvalue weighted by Gasteiger charge is -2.25. The Balaban J connectivity index is 0.00000450. The molecule has 30 heavy (non-hydrogen) atoms. The van der Waals surface area contributed by atoms with Crippen LogP contribution in [0.2, 0.25) is 0 Å². The number of carbonyl (C=O) groups excluding carboxylic acids is 3. The lowest BCUT2D eigenvalue weighted by Crippen LogP contribution is -3.00. The van der Waals surface area contributed by atoms with Crippen LogP contribution in [-0.4, -0.2) is 58.5 Å². The molecular weight excluding hydrogens is 410 g/mol. The molecule has 1 aromatic heterocycles. The van der Waals surface area contributed by atoms with Gasteiger partial charge in [0.1, 0.15) is 17.3 Å². The number of nitrogens with zero attached hydrogens (tertiary/aromatic N) is 1. The molecule has 0 saturated carbocycles. The molecule has 9 nitrogen and oxygen atoms in total. The van der Waals surface area contributed by atoms with Gasteiger partial charge in [0, 0.05) is 18.9 Å². The molecule has 0 radical (unpaired) electrons. The van der Waals surface area contributed by atoms with Crippen LogP contribution in [0.5, 0.6) is 0 Å². The molecule has 5 N–H and O–H groups in total. The van der Waals surface area contributed by atoms with Crippen LogP contribution in [0.15, 0.2) is 6.33 Å². The number of quaternary nitrogens is 1. The number of nitrogens with two attached hydrogens (primary N) is 1. The first-order chi connectivity index (χ1) is 13.6. The summed E-state index contributed by atoms with van der Waals surface area (Å²) in [5.74, 6) is -1.28. The maximum absolute atomic E-state index is 12.8. The fourth-order valence-electron chi connectivity index (χ4n) is 3.25. The molecule has 1 aliphatic rings. The monoisotopic (exact) mass is 443 g/mol. The predicted molar refractivity (Wildman–Crippen MR) is 107 cm³/mol. The highest BCUT2D eigenvalue weighted by Gasteiger charge is 2.30. The van der Waals surface area contributed by atoms with Crippen LogP contribution in [0, 0.1) is 5.92 Å². The van der Waals surface area contributed by atoms with Crippen molar-refractivity contribution < 1.29 is 36.8 Å². The lowest BCUT2D eigenvalue weighted by atomic mass is 10.0. The van der Waals surface area contributed by atoms with E-state index in [0.29, 0.717) is 6.42 Å². The van der Waals surface area contributed by atoms with Gasteiger partial charge in [-0.25, -0.2) is 9.78 Å². The molecule has 0 unspecified atom stereocenters. The van der Waals surface area contributed by atoms with Gasteiger partial charge in [-0.1, -0.05) is 13.8 Å². The summed E-state index contributed by atoms with van der Waals surface area (Å²) >= 11 is 0. The SMILES string of the molecule is CC(C)C[C@H](NC(=O)c1nc[nH]c1C(=O)NC1CC[NH2+]CC1)C(=O)OC(C)(C)C.[Cl-]. The van der Waals surface area contributed by atoms with Crippen molar-refractivity contribution in [3.05, 3.63) is 17.7 Å². The molecule has 1 atom stereocenters. The second kappa shape index (κ2) is 11.3. The predicted octanol–water partition coefficient (Wildman–Crippen LogP) is -2.64. The number of ether oxygens (including phenoxy) is 1. The minimum absolute atomic E-state index is 0. The van der Waals surface area contributed by atoms with E-state index < -0.39 is 23.5 Å². The second-order valence-corrected chi connectivity index (χ2v) is 8.93. The maximum Gasteiger partial charge on any atom is 0.329 e. The maximum atomic E-state index is 12.8. The molecule has 2 heterocycles. The Morgan fingerprint density at radius 1 is 1.23 bits per heavy atom. The Hall–Kier alpha value is -2.13. The molecule has 0 aromatic carbocycles. The van der Waals surface area contributed by atoms with E-state index in [4.69, 9.17) is 4.74 Å². The molecule has 0 spiro atoms. The number of imidazole rings is 1. The average molecular weight is 444 g/mol. The van der Waals surface area contributed by atoms with Gasteiger partial charge in [0.15, 0.2) is 5.69 Å². The Labute approximate surface area is 183 Å². The number of rotatable bonds is 7. The number of nitrogens with one attached hydrogen (secondary N) is 3. The molecular formula is C20H34ClN5O4. The highest BCUT2D eigenvalue weighted by Crippen LogP contribution is 2.14. The minimum atomic E-state index is -0.816. The molecule has 0 bridgehead atoms. The van der Waals surface area contributed by atoms with Crippen LogP contribution >= 0.6 is 0 Å². The summed E-state index contributed by atoms with van der Waals surface area (Å²) in [6.45, 7) is 11.2. The standard InChI is InChI=1S/C20H33N5O4.ClH/c1-12(2)10-14(19(28)29-20(3,4)5)25-18(27)16-15(22-11-23-16)17(26)24-13-6-8-21-9-7-13;/h11-14,21H,6-10H2,1-5H3,(H,22,23)(H,24,26)(H,25,27);1H/t14-;/m0./s1. The Bertz CT molecular complexity index is 723. The molecule has 1 aromatic rings. The lowest BCUT2D eigenvalue weighted by molar-refractivity contribution is -0.663. The van der Waals surface area contributed by atoms with E-state index in [1.165, 1.54) is 6.33 Å². The van der Waals surface area contributed by atoms with Gasteiger partial charge in [-0.2, -0.15) is 0 Å². The topological polar surface area (TPSA) is 130 Å². The summed E-state index contributed by atoms with van der Waals surface area (Å²) in [5, 5.41) is 7.86. The third-order valence-corrected chi connectivity index (χ3v) is 4.56. The first-order valence-corrected chi connectivity index (χ1v) is 10.3. The number of halogens is 1. The van der Waals surface area contributed by atoms with E-state index >= 15 is 0 Å². The van der Waals surface area contributed by atoms with Crippen LogP contribution in [0.1, 0.15) is 74.9 Å². The number of hydrogen-bond donors (Lipinski definition) is 4. The molecule has 2 amide bonds. The van der Waals surface area contributed by atoms with Gasteiger partial charge in [-0.3, -0.25) is 9.59 Å². The number of aromatic nitrogens is 2. The van der Waals surface area contributed by atoms with E-state index in [9.17, 15) is 14.4 Å². The Kier molecular flexibility index (Phi) is 9.77. The highest BCUT2D eigenvalue weighted by molar-refractivity contribution is 6.05. The number of H-pyrrole nitrogens is 1. The smallest absolute Gasteiger partial charge is 0.329 e. The van der Waals surface area contributed by atoms with Crippen molar-refractivity contribution in [1.29, 1.82) is 0 Å². The molecule has 10 heteroatoms. The van der Waals surface area contributed by atoms with Crippen molar-refractivity contribution in [1.82, 2.24) is 20.6 Å². The zero-order valence-electron chi connectivity index (χ0n) is 18.4. The zero-order valence-corrected chi connectivity index (χ0v) is 19.1. The second-order valence-electron chi connectivity index (χ2n) is 8.93. The first kappa shape index (κ1) is 25.9. The highest BCUT2D eigenvalue weighted by atomic mass is 35.5. The molecule has 1 aliphatic heterocycles. The third-order valence-electron chi connectivity index (χ3n) is 4.56. The van der Waals surface area contributed by atoms with Crippen molar-refractivity contribution in [2.75, 3.05) is 13.1 Å². The van der Waals surface area contributed by atoms with E-state index in [2.05, 4.69) is 25.9 Å². The zero-order chi connectivity index (χ0) is 21.6. The van der Waals surface area contributed by atoms with Crippen LogP contribution in [0.3, 0.4) is 0 Å². The molecule has 1 fully saturated rings. The summed E-state index contributed by atoms with van der Waals surface area (Å²) in [7, 11) is 0. The van der Waals surface area contributed by atoms with Gasteiger partial charge in [0.05, 0.1) is 19.4 Å². The minimum Gasteiger partial charge on any atom is -1.00 e. The molecule has 0 aliphatic carbocycles.